The number of fused-ring (bicyclic) bond motifs is 1. The molecule has 2 aliphatic rings. The van der Waals surface area contributed by atoms with Crippen LogP contribution in [0.1, 0.15) is 35.6 Å². The van der Waals surface area contributed by atoms with E-state index in [2.05, 4.69) is 45.5 Å². The second kappa shape index (κ2) is 3.54. The van der Waals surface area contributed by atoms with Crippen molar-refractivity contribution in [3.8, 4) is 0 Å². The standard InChI is InChI=1S/C13H15N5/c1-9-2-3-10-7-17(8-11(10)6-9)13-14-15-16-18(13)12-4-5-12/h2-3,6,12H,4-5,7-8H2,1H3. The van der Waals surface area contributed by atoms with Crippen LogP contribution >= 0.6 is 0 Å². The van der Waals surface area contributed by atoms with Crippen molar-refractivity contribution in [2.45, 2.75) is 38.9 Å². The van der Waals surface area contributed by atoms with Gasteiger partial charge in [-0.1, -0.05) is 28.9 Å². The first-order valence-corrected chi connectivity index (χ1v) is 6.42. The minimum atomic E-state index is 0.528. The number of anilines is 1. The molecule has 92 valence electrons. The van der Waals surface area contributed by atoms with Gasteiger partial charge < -0.3 is 4.90 Å². The average Bonchev–Trinajstić information content (AvgIpc) is 2.94. The Hall–Kier alpha value is -1.91. The lowest BCUT2D eigenvalue weighted by atomic mass is 10.1. The minimum Gasteiger partial charge on any atom is -0.331 e. The van der Waals surface area contributed by atoms with Crippen LogP contribution < -0.4 is 4.90 Å². The molecule has 0 radical (unpaired) electrons. The molecule has 5 nitrogen and oxygen atoms in total. The van der Waals surface area contributed by atoms with Gasteiger partial charge in [-0.15, -0.1) is 0 Å². The van der Waals surface area contributed by atoms with Gasteiger partial charge in [0.1, 0.15) is 0 Å². The number of tetrazole rings is 1. The first-order valence-electron chi connectivity index (χ1n) is 6.42. The Labute approximate surface area is 105 Å². The molecule has 1 saturated carbocycles. The Balaban J connectivity index is 1.66. The Morgan fingerprint density at radius 3 is 2.83 bits per heavy atom. The van der Waals surface area contributed by atoms with Gasteiger partial charge in [0.15, 0.2) is 0 Å². The zero-order valence-corrected chi connectivity index (χ0v) is 10.4. The van der Waals surface area contributed by atoms with E-state index in [0.717, 1.165) is 19.0 Å². The average molecular weight is 241 g/mol. The summed E-state index contributed by atoms with van der Waals surface area (Å²) in [5.41, 5.74) is 4.11. The summed E-state index contributed by atoms with van der Waals surface area (Å²) >= 11 is 0. The number of nitrogens with zero attached hydrogens (tertiary/aromatic N) is 5. The highest BCUT2D eigenvalue weighted by Crippen LogP contribution is 2.37. The number of benzene rings is 1. The summed E-state index contributed by atoms with van der Waals surface area (Å²) in [6.07, 6.45) is 2.41. The van der Waals surface area contributed by atoms with E-state index in [9.17, 15) is 0 Å². The first kappa shape index (κ1) is 10.1. The lowest BCUT2D eigenvalue weighted by Gasteiger charge is -2.15. The van der Waals surface area contributed by atoms with E-state index in [1.54, 1.807) is 0 Å². The molecule has 0 saturated heterocycles. The Morgan fingerprint density at radius 2 is 2.00 bits per heavy atom. The molecular weight excluding hydrogens is 226 g/mol. The fourth-order valence-corrected chi connectivity index (χ4v) is 2.62. The maximum Gasteiger partial charge on any atom is 0.246 e. The van der Waals surface area contributed by atoms with Crippen LogP contribution in [0.15, 0.2) is 18.2 Å². The van der Waals surface area contributed by atoms with Crippen LogP contribution in [0.25, 0.3) is 0 Å². The summed E-state index contributed by atoms with van der Waals surface area (Å²) < 4.78 is 1.98. The van der Waals surface area contributed by atoms with Gasteiger partial charge in [0.25, 0.3) is 0 Å². The second-order valence-corrected chi connectivity index (χ2v) is 5.28. The molecule has 18 heavy (non-hydrogen) atoms. The van der Waals surface area contributed by atoms with Crippen molar-refractivity contribution < 1.29 is 0 Å². The van der Waals surface area contributed by atoms with Crippen molar-refractivity contribution in [3.63, 3.8) is 0 Å². The number of aryl methyl sites for hydroxylation is 1. The van der Waals surface area contributed by atoms with Crippen LogP contribution in [0.3, 0.4) is 0 Å². The third-order valence-corrected chi connectivity index (χ3v) is 3.74. The van der Waals surface area contributed by atoms with Gasteiger partial charge in [0.2, 0.25) is 5.95 Å². The van der Waals surface area contributed by atoms with E-state index >= 15 is 0 Å². The largest absolute Gasteiger partial charge is 0.331 e. The quantitative estimate of drug-likeness (QED) is 0.805. The predicted molar refractivity (Wildman–Crippen MR) is 67.2 cm³/mol. The Kier molecular flexibility index (Phi) is 1.98. The van der Waals surface area contributed by atoms with Crippen molar-refractivity contribution in [2.24, 2.45) is 0 Å². The van der Waals surface area contributed by atoms with E-state index in [1.807, 2.05) is 4.68 Å². The molecular formula is C13H15N5. The molecule has 0 amide bonds. The van der Waals surface area contributed by atoms with Gasteiger partial charge in [-0.3, -0.25) is 0 Å². The topological polar surface area (TPSA) is 46.8 Å². The van der Waals surface area contributed by atoms with Crippen molar-refractivity contribution in [1.29, 1.82) is 0 Å². The van der Waals surface area contributed by atoms with E-state index < -0.39 is 0 Å². The van der Waals surface area contributed by atoms with Crippen LogP contribution in [-0.4, -0.2) is 20.2 Å². The van der Waals surface area contributed by atoms with Crippen LogP contribution in [0.4, 0.5) is 5.95 Å². The van der Waals surface area contributed by atoms with E-state index in [-0.39, 0.29) is 0 Å². The first-order chi connectivity index (χ1) is 8.81. The van der Waals surface area contributed by atoms with Gasteiger partial charge in [-0.05, 0) is 41.3 Å². The van der Waals surface area contributed by atoms with Crippen molar-refractivity contribution in [3.05, 3.63) is 34.9 Å². The maximum atomic E-state index is 4.19. The minimum absolute atomic E-state index is 0.528. The highest BCUT2D eigenvalue weighted by molar-refractivity contribution is 5.44. The van der Waals surface area contributed by atoms with Crippen molar-refractivity contribution in [2.75, 3.05) is 4.90 Å². The molecule has 0 bridgehead atoms. The summed E-state index contributed by atoms with van der Waals surface area (Å²) in [7, 11) is 0. The third-order valence-electron chi connectivity index (χ3n) is 3.74. The third kappa shape index (κ3) is 1.50. The van der Waals surface area contributed by atoms with Crippen LogP contribution in [0.5, 0.6) is 0 Å². The van der Waals surface area contributed by atoms with Crippen LogP contribution in [-0.2, 0) is 13.1 Å². The van der Waals surface area contributed by atoms with Gasteiger partial charge in [0, 0.05) is 13.1 Å². The number of aromatic nitrogens is 4. The fourth-order valence-electron chi connectivity index (χ4n) is 2.62. The summed E-state index contributed by atoms with van der Waals surface area (Å²) in [4.78, 5) is 2.27. The summed E-state index contributed by atoms with van der Waals surface area (Å²) in [5.74, 6) is 0.923. The van der Waals surface area contributed by atoms with Gasteiger partial charge in [-0.2, -0.15) is 0 Å². The molecule has 0 N–H and O–H groups in total. The predicted octanol–water partition coefficient (Wildman–Crippen LogP) is 1.84. The zero-order valence-electron chi connectivity index (χ0n) is 10.4. The van der Waals surface area contributed by atoms with Gasteiger partial charge in [0.05, 0.1) is 6.04 Å². The highest BCUT2D eigenvalue weighted by atomic mass is 15.6. The molecule has 4 rings (SSSR count). The summed E-state index contributed by atoms with van der Waals surface area (Å²) in [5, 5.41) is 12.1. The van der Waals surface area contributed by atoms with Crippen molar-refractivity contribution in [1.82, 2.24) is 20.2 Å². The Bertz CT molecular complexity index is 599. The number of hydrogen-bond acceptors (Lipinski definition) is 4. The van der Waals surface area contributed by atoms with Crippen LogP contribution in [0.2, 0.25) is 0 Å². The molecule has 1 aromatic heterocycles. The number of rotatable bonds is 2. The number of hydrogen-bond donors (Lipinski definition) is 0. The van der Waals surface area contributed by atoms with Crippen LogP contribution in [0, 0.1) is 6.92 Å². The molecule has 1 aliphatic carbocycles. The zero-order chi connectivity index (χ0) is 12.1. The molecule has 0 spiro atoms. The summed E-state index contributed by atoms with van der Waals surface area (Å²) in [6, 6.07) is 7.18. The highest BCUT2D eigenvalue weighted by Gasteiger charge is 2.31. The van der Waals surface area contributed by atoms with Crippen molar-refractivity contribution >= 4 is 5.95 Å². The normalized spacial score (nSPS) is 18.2. The molecule has 2 aromatic rings. The molecule has 5 heteroatoms. The smallest absolute Gasteiger partial charge is 0.246 e. The molecule has 0 unspecified atom stereocenters. The Morgan fingerprint density at radius 1 is 1.17 bits per heavy atom. The monoisotopic (exact) mass is 241 g/mol. The van der Waals surface area contributed by atoms with Gasteiger partial charge >= 0.3 is 0 Å². The maximum absolute atomic E-state index is 4.19. The SMILES string of the molecule is Cc1ccc2c(c1)CN(c1nnnn1C1CC1)C2. The summed E-state index contributed by atoms with van der Waals surface area (Å²) in [6.45, 7) is 3.98. The lowest BCUT2D eigenvalue weighted by molar-refractivity contribution is 0.598. The van der Waals surface area contributed by atoms with Gasteiger partial charge in [-0.25, -0.2) is 4.68 Å². The van der Waals surface area contributed by atoms with E-state index in [0.29, 0.717) is 6.04 Å². The molecule has 1 aromatic carbocycles. The van der Waals surface area contributed by atoms with E-state index in [4.69, 9.17) is 0 Å². The molecule has 2 heterocycles. The second-order valence-electron chi connectivity index (χ2n) is 5.28. The van der Waals surface area contributed by atoms with E-state index in [1.165, 1.54) is 29.5 Å². The molecule has 0 atom stereocenters. The lowest BCUT2D eigenvalue weighted by Crippen LogP contribution is -2.19. The molecule has 1 fully saturated rings. The fraction of sp³-hybridized carbons (Fsp3) is 0.462. The molecule has 1 aliphatic heterocycles.